The number of hydrogen-bond acceptors (Lipinski definition) is 4. The number of aromatic hydroxyl groups is 1. The lowest BCUT2D eigenvalue weighted by atomic mass is 9.80. The van der Waals surface area contributed by atoms with Crippen LogP contribution in [0.15, 0.2) is 60.7 Å². The van der Waals surface area contributed by atoms with Gasteiger partial charge in [0, 0.05) is 12.8 Å². The van der Waals surface area contributed by atoms with E-state index in [0.717, 1.165) is 56.9 Å². The topological polar surface area (TPSA) is 66.8 Å². The molecule has 0 atom stereocenters. The number of carbonyl (C=O) groups excluding carboxylic acids is 1. The summed E-state index contributed by atoms with van der Waals surface area (Å²) in [4.78, 5) is 15.2. The molecule has 2 aliphatic carbocycles. The Kier molecular flexibility index (Phi) is 11.9. The third-order valence-electron chi connectivity index (χ3n) is 5.30. The number of ketones is 1. The van der Waals surface area contributed by atoms with E-state index in [1.807, 2.05) is 36.4 Å². The molecule has 2 saturated carbocycles. The van der Waals surface area contributed by atoms with Gasteiger partial charge in [-0.3, -0.25) is 10.1 Å². The zero-order chi connectivity index (χ0) is 20.1. The molecule has 0 saturated heterocycles. The average Bonchev–Trinajstić information content (AvgIpc) is 2.77. The largest absolute Gasteiger partial charge is 0.508 e. The molecule has 0 aromatic heterocycles. The molecule has 0 radical (unpaired) electrons. The number of phenols is 1. The van der Waals surface area contributed by atoms with Crippen molar-refractivity contribution in [2.24, 2.45) is 0 Å². The highest BCUT2D eigenvalue weighted by Crippen LogP contribution is 2.39. The predicted octanol–water partition coefficient (Wildman–Crippen LogP) is 6.88. The minimum absolute atomic E-state index is 0. The minimum atomic E-state index is -0.431. The van der Waals surface area contributed by atoms with Gasteiger partial charge >= 0.3 is 0 Å². The van der Waals surface area contributed by atoms with Crippen LogP contribution in [-0.2, 0) is 15.3 Å². The molecule has 2 aromatic carbocycles. The summed E-state index contributed by atoms with van der Waals surface area (Å²) in [5.41, 5.74) is 0.668. The summed E-state index contributed by atoms with van der Waals surface area (Å²) in [6.07, 6.45) is 10.6. The molecule has 2 N–H and O–H groups in total. The Morgan fingerprint density at radius 2 is 1.21 bits per heavy atom. The van der Waals surface area contributed by atoms with E-state index in [1.165, 1.54) is 12.8 Å². The van der Waals surface area contributed by atoms with E-state index in [4.69, 9.17) is 15.3 Å². The Morgan fingerprint density at radius 1 is 0.724 bits per heavy atom. The fourth-order valence-electron chi connectivity index (χ4n) is 3.67. The van der Waals surface area contributed by atoms with Gasteiger partial charge in [0.1, 0.15) is 17.1 Å². The molecule has 2 aromatic rings. The van der Waals surface area contributed by atoms with Crippen LogP contribution in [0.4, 0.5) is 0 Å². The van der Waals surface area contributed by atoms with Crippen molar-refractivity contribution in [2.45, 2.75) is 77.2 Å². The Bertz CT molecular complexity index is 656. The number of phenolic OH excluding ortho intramolecular Hbond substituents is 1. The van der Waals surface area contributed by atoms with E-state index in [-0.39, 0.29) is 7.43 Å². The highest BCUT2D eigenvalue weighted by molar-refractivity contribution is 5.78. The third-order valence-corrected chi connectivity index (χ3v) is 5.30. The number of benzene rings is 2. The maximum absolute atomic E-state index is 10.5. The van der Waals surface area contributed by atoms with Crippen molar-refractivity contribution in [3.05, 3.63) is 66.2 Å². The summed E-state index contributed by atoms with van der Waals surface area (Å²) in [6.45, 7) is 0. The van der Waals surface area contributed by atoms with Crippen LogP contribution in [0.2, 0.25) is 0 Å². The molecule has 2 fully saturated rings. The minimum Gasteiger partial charge on any atom is -0.508 e. The van der Waals surface area contributed by atoms with Gasteiger partial charge in [-0.15, -0.1) is 0 Å². The molecule has 4 heteroatoms. The van der Waals surface area contributed by atoms with Crippen LogP contribution in [0.25, 0.3) is 0 Å². The van der Waals surface area contributed by atoms with E-state index in [9.17, 15) is 4.79 Å². The molecule has 0 aliphatic heterocycles. The zero-order valence-corrected chi connectivity index (χ0v) is 16.6. The fourth-order valence-corrected chi connectivity index (χ4v) is 3.67. The van der Waals surface area contributed by atoms with Crippen molar-refractivity contribution >= 4 is 5.78 Å². The molecule has 0 bridgehead atoms. The highest BCUT2D eigenvalue weighted by Gasteiger charge is 2.35. The predicted molar refractivity (Wildman–Crippen MR) is 118 cm³/mol. The first kappa shape index (κ1) is 24.9. The summed E-state index contributed by atoms with van der Waals surface area (Å²) in [5, 5.41) is 17.7. The van der Waals surface area contributed by atoms with Gasteiger partial charge in [-0.2, -0.15) is 0 Å². The van der Waals surface area contributed by atoms with Crippen molar-refractivity contribution in [1.29, 1.82) is 0 Å². The normalized spacial score (nSPS) is 17.5. The molecular formula is C25H36O4. The number of carbonyl (C=O) groups is 1. The van der Waals surface area contributed by atoms with Crippen LogP contribution in [0, 0.1) is 0 Å². The molecule has 4 nitrogen and oxygen atoms in total. The molecule has 0 unspecified atom stereocenters. The maximum Gasteiger partial charge on any atom is 0.132 e. The van der Waals surface area contributed by atoms with Crippen molar-refractivity contribution in [3.8, 4) is 5.75 Å². The van der Waals surface area contributed by atoms with Crippen molar-refractivity contribution < 1.29 is 20.0 Å². The quantitative estimate of drug-likeness (QED) is 0.426. The highest BCUT2D eigenvalue weighted by atomic mass is 17.1. The summed E-state index contributed by atoms with van der Waals surface area (Å²) < 4.78 is 0. The van der Waals surface area contributed by atoms with Crippen LogP contribution >= 0.6 is 0 Å². The first-order chi connectivity index (χ1) is 13.7. The van der Waals surface area contributed by atoms with Gasteiger partial charge in [-0.05, 0) is 43.4 Å². The second-order valence-corrected chi connectivity index (χ2v) is 7.45. The molecule has 29 heavy (non-hydrogen) atoms. The van der Waals surface area contributed by atoms with Gasteiger partial charge in [-0.25, -0.2) is 4.89 Å². The molecule has 0 spiro atoms. The smallest absolute Gasteiger partial charge is 0.132 e. The Hall–Kier alpha value is -2.17. The lowest BCUT2D eigenvalue weighted by Gasteiger charge is -2.34. The molecular weight excluding hydrogens is 364 g/mol. The fraction of sp³-hybridized carbons (Fsp3) is 0.480. The lowest BCUT2D eigenvalue weighted by Crippen LogP contribution is -2.31. The van der Waals surface area contributed by atoms with Crippen LogP contribution < -0.4 is 0 Å². The standard InChI is InChI=1S/C12H16O2.C6H10O.C6H6O.CH4/c13-14-12(9-5-2-6-10-12)11-7-3-1-4-8-11;2*7-6-4-2-1-3-5-6;/h1,3-4,7-8,13H,2,5-6,9-10H2;1-5H2;1-5,7H;1H4. The molecule has 0 amide bonds. The van der Waals surface area contributed by atoms with Gasteiger partial charge in [-0.1, -0.05) is 81.6 Å². The Morgan fingerprint density at radius 3 is 1.59 bits per heavy atom. The SMILES string of the molecule is C.O=C1CCCCC1.OOC1(c2ccccc2)CCCCC1.Oc1ccccc1. The van der Waals surface area contributed by atoms with Gasteiger partial charge in [0.15, 0.2) is 0 Å². The summed E-state index contributed by atoms with van der Waals surface area (Å²) in [5.74, 6) is 0.786. The van der Waals surface area contributed by atoms with Crippen LogP contribution in [0.5, 0.6) is 5.75 Å². The summed E-state index contributed by atoms with van der Waals surface area (Å²) >= 11 is 0. The zero-order valence-electron chi connectivity index (χ0n) is 16.6. The van der Waals surface area contributed by atoms with E-state index in [1.54, 1.807) is 24.3 Å². The number of rotatable bonds is 2. The lowest BCUT2D eigenvalue weighted by molar-refractivity contribution is -0.337. The van der Waals surface area contributed by atoms with E-state index in [0.29, 0.717) is 11.5 Å². The van der Waals surface area contributed by atoms with E-state index >= 15 is 0 Å². The monoisotopic (exact) mass is 400 g/mol. The third kappa shape index (κ3) is 8.80. The van der Waals surface area contributed by atoms with Gasteiger partial charge < -0.3 is 5.11 Å². The van der Waals surface area contributed by atoms with Gasteiger partial charge in [0.25, 0.3) is 0 Å². The second kappa shape index (κ2) is 13.9. The maximum atomic E-state index is 10.5. The number of para-hydroxylation sites is 1. The average molecular weight is 401 g/mol. The summed E-state index contributed by atoms with van der Waals surface area (Å²) in [7, 11) is 0. The van der Waals surface area contributed by atoms with Crippen molar-refractivity contribution in [3.63, 3.8) is 0 Å². The molecule has 4 rings (SSSR count). The Balaban J connectivity index is 0.000000237. The van der Waals surface area contributed by atoms with Gasteiger partial charge in [0.05, 0.1) is 0 Å². The number of hydrogen-bond donors (Lipinski definition) is 2. The first-order valence-corrected chi connectivity index (χ1v) is 10.3. The van der Waals surface area contributed by atoms with Crippen LogP contribution in [0.3, 0.4) is 0 Å². The van der Waals surface area contributed by atoms with Crippen molar-refractivity contribution in [2.75, 3.05) is 0 Å². The van der Waals surface area contributed by atoms with E-state index < -0.39 is 5.60 Å². The molecule has 160 valence electrons. The second-order valence-electron chi connectivity index (χ2n) is 7.45. The summed E-state index contributed by atoms with van der Waals surface area (Å²) in [6, 6.07) is 18.7. The van der Waals surface area contributed by atoms with E-state index in [2.05, 4.69) is 0 Å². The molecule has 2 aliphatic rings. The Labute approximate surface area is 175 Å². The van der Waals surface area contributed by atoms with Crippen LogP contribution in [-0.4, -0.2) is 16.1 Å². The van der Waals surface area contributed by atoms with Crippen molar-refractivity contribution in [1.82, 2.24) is 0 Å². The number of Topliss-reactive ketones (excluding diaryl/α,β-unsaturated/α-hetero) is 1. The molecule has 0 heterocycles. The first-order valence-electron chi connectivity index (χ1n) is 10.3. The van der Waals surface area contributed by atoms with Crippen LogP contribution in [0.1, 0.15) is 77.2 Å². The van der Waals surface area contributed by atoms with Gasteiger partial charge in [0.2, 0.25) is 0 Å².